The van der Waals surface area contributed by atoms with Crippen molar-refractivity contribution in [2.45, 2.75) is 31.8 Å². The summed E-state index contributed by atoms with van der Waals surface area (Å²) in [5, 5.41) is 0. The van der Waals surface area contributed by atoms with Gasteiger partial charge in [-0.25, -0.2) is 0 Å². The van der Waals surface area contributed by atoms with E-state index in [1.165, 1.54) is 0 Å². The number of ether oxygens (including phenoxy) is 1. The smallest absolute Gasteiger partial charge is 0.163 e. The summed E-state index contributed by atoms with van der Waals surface area (Å²) in [6, 6.07) is 0. The van der Waals surface area contributed by atoms with Crippen LogP contribution < -0.4 is 0 Å². The van der Waals surface area contributed by atoms with Gasteiger partial charge in [-0.2, -0.15) is 0 Å². The van der Waals surface area contributed by atoms with Crippen molar-refractivity contribution in [2.75, 3.05) is 7.11 Å². The Kier molecular flexibility index (Phi) is 2.61. The number of carbonyl (C=O) groups excluding carboxylic acids is 1. The highest BCUT2D eigenvalue weighted by atomic mass is 16.5. The summed E-state index contributed by atoms with van der Waals surface area (Å²) in [5.41, 5.74) is 1.65. The van der Waals surface area contributed by atoms with Crippen LogP contribution in [0.4, 0.5) is 0 Å². The largest absolute Gasteiger partial charge is 0.370 e. The van der Waals surface area contributed by atoms with Crippen LogP contribution in [0.3, 0.4) is 0 Å². The summed E-state index contributed by atoms with van der Waals surface area (Å²) in [7, 11) is 1.68. The van der Waals surface area contributed by atoms with Crippen molar-refractivity contribution in [1.29, 1.82) is 0 Å². The molecule has 2 heteroatoms. The van der Waals surface area contributed by atoms with Gasteiger partial charge in [0.1, 0.15) is 5.60 Å². The second-order valence-electron chi connectivity index (χ2n) is 4.27. The van der Waals surface area contributed by atoms with Crippen LogP contribution in [0, 0.1) is 0 Å². The Balaban J connectivity index is 2.38. The molecular weight excluding hydrogens is 188 g/mol. The molecule has 2 aliphatic carbocycles. The van der Waals surface area contributed by atoms with Crippen molar-refractivity contribution in [1.82, 2.24) is 0 Å². The molecule has 2 rings (SSSR count). The highest BCUT2D eigenvalue weighted by Crippen LogP contribution is 2.29. The molecule has 15 heavy (non-hydrogen) atoms. The standard InChI is InChI=1S/C13H16O2/c1-13(15-2)8-6-10-4-3-5-12(14)11(10)7-9-13/h6-9H,3-5H2,1-2H3. The van der Waals surface area contributed by atoms with E-state index in [4.69, 9.17) is 4.74 Å². The van der Waals surface area contributed by atoms with Gasteiger partial charge in [0.2, 0.25) is 0 Å². The Morgan fingerprint density at radius 2 is 2.00 bits per heavy atom. The molecule has 0 aromatic carbocycles. The topological polar surface area (TPSA) is 26.3 Å². The van der Waals surface area contributed by atoms with Gasteiger partial charge in [-0.1, -0.05) is 12.2 Å². The SMILES string of the molecule is COC1(C)C=CC2=C(C=C1)C(=O)CCC2. The van der Waals surface area contributed by atoms with E-state index in [9.17, 15) is 4.79 Å². The normalized spacial score (nSPS) is 30.4. The summed E-state index contributed by atoms with van der Waals surface area (Å²) in [4.78, 5) is 11.7. The van der Waals surface area contributed by atoms with E-state index >= 15 is 0 Å². The maximum atomic E-state index is 11.7. The minimum atomic E-state index is -0.377. The van der Waals surface area contributed by atoms with Gasteiger partial charge in [-0.15, -0.1) is 0 Å². The molecule has 1 unspecified atom stereocenters. The van der Waals surface area contributed by atoms with Gasteiger partial charge in [0, 0.05) is 19.1 Å². The Hall–Kier alpha value is -1.15. The van der Waals surface area contributed by atoms with Crippen molar-refractivity contribution in [3.05, 3.63) is 35.5 Å². The van der Waals surface area contributed by atoms with E-state index in [1.54, 1.807) is 7.11 Å². The van der Waals surface area contributed by atoms with Crippen LogP contribution in [-0.4, -0.2) is 18.5 Å². The number of carbonyl (C=O) groups is 1. The Morgan fingerprint density at radius 3 is 2.73 bits per heavy atom. The molecule has 0 bridgehead atoms. The molecule has 0 saturated heterocycles. The van der Waals surface area contributed by atoms with Crippen molar-refractivity contribution < 1.29 is 9.53 Å². The fourth-order valence-electron chi connectivity index (χ4n) is 1.97. The first-order chi connectivity index (χ1) is 7.14. The number of hydrogen-bond donors (Lipinski definition) is 0. The predicted molar refractivity (Wildman–Crippen MR) is 59.6 cm³/mol. The average molecular weight is 204 g/mol. The van der Waals surface area contributed by atoms with E-state index in [0.29, 0.717) is 6.42 Å². The zero-order chi connectivity index (χ0) is 10.9. The van der Waals surface area contributed by atoms with Crippen molar-refractivity contribution in [2.24, 2.45) is 0 Å². The van der Waals surface area contributed by atoms with Gasteiger partial charge < -0.3 is 4.74 Å². The number of ketones is 1. The summed E-state index contributed by atoms with van der Waals surface area (Å²) in [6.07, 6.45) is 10.6. The van der Waals surface area contributed by atoms with Gasteiger partial charge in [-0.3, -0.25) is 4.79 Å². The second kappa shape index (κ2) is 3.78. The quantitative estimate of drug-likeness (QED) is 0.656. The maximum absolute atomic E-state index is 11.7. The first-order valence-electron chi connectivity index (χ1n) is 5.34. The predicted octanol–water partition coefficient (Wildman–Crippen LogP) is 2.57. The van der Waals surface area contributed by atoms with Crippen LogP contribution in [0.5, 0.6) is 0 Å². The fraction of sp³-hybridized carbons (Fsp3) is 0.462. The lowest BCUT2D eigenvalue weighted by Gasteiger charge is -2.18. The molecule has 0 heterocycles. The van der Waals surface area contributed by atoms with E-state index in [-0.39, 0.29) is 11.4 Å². The number of rotatable bonds is 1. The Labute approximate surface area is 90.3 Å². The third-order valence-corrected chi connectivity index (χ3v) is 3.13. The minimum Gasteiger partial charge on any atom is -0.370 e. The van der Waals surface area contributed by atoms with E-state index in [2.05, 4.69) is 0 Å². The highest BCUT2D eigenvalue weighted by Gasteiger charge is 2.23. The van der Waals surface area contributed by atoms with Crippen LogP contribution in [0.1, 0.15) is 26.2 Å². The third-order valence-electron chi connectivity index (χ3n) is 3.13. The van der Waals surface area contributed by atoms with Gasteiger partial charge in [0.15, 0.2) is 5.78 Å². The molecular formula is C13H16O2. The van der Waals surface area contributed by atoms with Gasteiger partial charge in [0.05, 0.1) is 0 Å². The fourth-order valence-corrected chi connectivity index (χ4v) is 1.97. The molecule has 2 nitrogen and oxygen atoms in total. The first-order valence-corrected chi connectivity index (χ1v) is 5.34. The van der Waals surface area contributed by atoms with Crippen molar-refractivity contribution in [3.63, 3.8) is 0 Å². The maximum Gasteiger partial charge on any atom is 0.163 e. The zero-order valence-corrected chi connectivity index (χ0v) is 9.25. The molecule has 2 aliphatic rings. The number of hydrogen-bond acceptors (Lipinski definition) is 2. The zero-order valence-electron chi connectivity index (χ0n) is 9.25. The summed E-state index contributed by atoms with van der Waals surface area (Å²) in [6.45, 7) is 1.99. The van der Waals surface area contributed by atoms with E-state index < -0.39 is 0 Å². The molecule has 0 aromatic heterocycles. The Bertz CT molecular complexity index is 374. The second-order valence-corrected chi connectivity index (χ2v) is 4.27. The molecule has 0 fully saturated rings. The minimum absolute atomic E-state index is 0.262. The van der Waals surface area contributed by atoms with Crippen LogP contribution in [0.25, 0.3) is 0 Å². The average Bonchev–Trinajstić information content (AvgIpc) is 2.41. The lowest BCUT2D eigenvalue weighted by atomic mass is 9.91. The Morgan fingerprint density at radius 1 is 1.27 bits per heavy atom. The summed E-state index contributed by atoms with van der Waals surface area (Å²) >= 11 is 0. The molecule has 0 aliphatic heterocycles. The van der Waals surface area contributed by atoms with E-state index in [1.807, 2.05) is 31.2 Å². The third kappa shape index (κ3) is 1.95. The van der Waals surface area contributed by atoms with Crippen LogP contribution in [0.15, 0.2) is 35.5 Å². The molecule has 0 saturated carbocycles. The molecule has 0 radical (unpaired) electrons. The molecule has 80 valence electrons. The molecule has 0 aromatic rings. The molecule has 0 amide bonds. The summed E-state index contributed by atoms with van der Waals surface area (Å²) in [5.74, 6) is 0.262. The van der Waals surface area contributed by atoms with Gasteiger partial charge >= 0.3 is 0 Å². The van der Waals surface area contributed by atoms with Crippen LogP contribution in [0.2, 0.25) is 0 Å². The summed E-state index contributed by atoms with van der Waals surface area (Å²) < 4.78 is 5.39. The van der Waals surface area contributed by atoms with Gasteiger partial charge in [0.25, 0.3) is 0 Å². The number of allylic oxidation sites excluding steroid dienone is 4. The van der Waals surface area contributed by atoms with Gasteiger partial charge in [-0.05, 0) is 37.5 Å². The van der Waals surface area contributed by atoms with Crippen LogP contribution >= 0.6 is 0 Å². The monoisotopic (exact) mass is 204 g/mol. The lowest BCUT2D eigenvalue weighted by molar-refractivity contribution is -0.115. The van der Waals surface area contributed by atoms with Crippen molar-refractivity contribution in [3.8, 4) is 0 Å². The number of Topliss-reactive ketones (excluding diaryl/α,β-unsaturated/α-hetero) is 1. The van der Waals surface area contributed by atoms with Crippen LogP contribution in [-0.2, 0) is 9.53 Å². The highest BCUT2D eigenvalue weighted by molar-refractivity contribution is 6.00. The van der Waals surface area contributed by atoms with Crippen molar-refractivity contribution >= 4 is 5.78 Å². The lowest BCUT2D eigenvalue weighted by Crippen LogP contribution is -2.20. The molecule has 0 spiro atoms. The van der Waals surface area contributed by atoms with E-state index in [0.717, 1.165) is 24.0 Å². The molecule has 0 N–H and O–H groups in total. The molecule has 1 atom stereocenters. The number of methoxy groups -OCH3 is 1. The first kappa shape index (κ1) is 10.4.